The molecule has 6 nitrogen and oxygen atoms in total. The van der Waals surface area contributed by atoms with Gasteiger partial charge in [0.2, 0.25) is 5.95 Å². The Balaban J connectivity index is 1.71. The number of rotatable bonds is 3. The van der Waals surface area contributed by atoms with E-state index in [1.54, 1.807) is 12.4 Å². The maximum Gasteiger partial charge on any atom is 0.408 e. The van der Waals surface area contributed by atoms with E-state index in [1.165, 1.54) is 12.5 Å². The zero-order chi connectivity index (χ0) is 18.3. The quantitative estimate of drug-likeness (QED) is 0.580. The van der Waals surface area contributed by atoms with Gasteiger partial charge < -0.3 is 10.3 Å². The number of nitrogens with one attached hydrogen (secondary N) is 2. The zero-order valence-corrected chi connectivity index (χ0v) is 13.5. The van der Waals surface area contributed by atoms with Crippen molar-refractivity contribution in [1.82, 2.24) is 24.9 Å². The van der Waals surface area contributed by atoms with Crippen LogP contribution in [0.25, 0.3) is 33.1 Å². The fourth-order valence-corrected chi connectivity index (χ4v) is 2.64. The van der Waals surface area contributed by atoms with Crippen LogP contribution in [0.2, 0.25) is 0 Å². The summed E-state index contributed by atoms with van der Waals surface area (Å²) < 4.78 is 38.0. The van der Waals surface area contributed by atoms with Gasteiger partial charge in [0.1, 0.15) is 18.0 Å². The Hall–Kier alpha value is -3.23. The molecule has 3 aromatic heterocycles. The number of fused-ring (bicyclic) bond motifs is 2. The first kappa shape index (κ1) is 16.2. The minimum Gasteiger partial charge on any atom is -0.345 e. The maximum absolute atomic E-state index is 12.7. The van der Waals surface area contributed by atoms with Crippen LogP contribution >= 0.6 is 0 Å². The number of H-pyrrole nitrogens is 1. The van der Waals surface area contributed by atoms with Crippen molar-refractivity contribution in [2.45, 2.75) is 19.1 Å². The molecule has 0 aliphatic carbocycles. The number of hydrogen-bond acceptors (Lipinski definition) is 5. The molecule has 0 amide bonds. The fraction of sp³-hybridized carbons (Fsp3) is 0.176. The third-order valence-electron chi connectivity index (χ3n) is 4.08. The van der Waals surface area contributed by atoms with Crippen LogP contribution in [0.15, 0.2) is 43.1 Å². The summed E-state index contributed by atoms with van der Waals surface area (Å²) in [4.78, 5) is 19.3. The van der Waals surface area contributed by atoms with Crippen molar-refractivity contribution in [2.24, 2.45) is 0 Å². The Labute approximate surface area is 145 Å². The number of alkyl halides is 3. The second-order valence-corrected chi connectivity index (χ2v) is 5.86. The first-order chi connectivity index (χ1) is 12.4. The topological polar surface area (TPSA) is 79.4 Å². The first-order valence-corrected chi connectivity index (χ1v) is 7.79. The molecule has 132 valence electrons. The molecule has 0 saturated heterocycles. The monoisotopic (exact) mass is 358 g/mol. The summed E-state index contributed by atoms with van der Waals surface area (Å²) in [6.45, 7) is 1.02. The van der Waals surface area contributed by atoms with Gasteiger partial charge in [-0.05, 0) is 24.6 Å². The third-order valence-corrected chi connectivity index (χ3v) is 4.08. The smallest absolute Gasteiger partial charge is 0.345 e. The van der Waals surface area contributed by atoms with E-state index in [0.717, 1.165) is 29.0 Å². The third kappa shape index (κ3) is 2.92. The van der Waals surface area contributed by atoms with Gasteiger partial charge in [0.05, 0.1) is 5.52 Å². The minimum atomic E-state index is -4.37. The Morgan fingerprint density at radius 2 is 2.00 bits per heavy atom. The molecule has 4 aromatic rings. The summed E-state index contributed by atoms with van der Waals surface area (Å²) >= 11 is 0. The van der Waals surface area contributed by atoms with E-state index in [2.05, 4.69) is 30.2 Å². The summed E-state index contributed by atoms with van der Waals surface area (Å²) in [5.74, 6) is -0.0809. The van der Waals surface area contributed by atoms with E-state index in [0.29, 0.717) is 11.0 Å². The van der Waals surface area contributed by atoms with Crippen LogP contribution < -0.4 is 5.32 Å². The van der Waals surface area contributed by atoms with Crippen molar-refractivity contribution in [3.8, 4) is 11.1 Å². The van der Waals surface area contributed by atoms with Crippen LogP contribution in [0, 0.1) is 0 Å². The Morgan fingerprint density at radius 1 is 1.15 bits per heavy atom. The summed E-state index contributed by atoms with van der Waals surface area (Å²) in [6.07, 6.45) is 2.09. The second-order valence-electron chi connectivity index (χ2n) is 5.86. The molecule has 0 bridgehead atoms. The molecule has 0 radical (unpaired) electrons. The highest BCUT2D eigenvalue weighted by atomic mass is 19.4. The average molecular weight is 358 g/mol. The largest absolute Gasteiger partial charge is 0.408 e. The Morgan fingerprint density at radius 3 is 2.81 bits per heavy atom. The molecule has 0 aliphatic heterocycles. The molecule has 0 aliphatic rings. The molecule has 2 N–H and O–H groups in total. The SMILES string of the molecule is C[C@H](Nc1ncc2c(-c3ccc4ncncc4c3)c[nH]c2n1)C(F)(F)F. The van der Waals surface area contributed by atoms with Crippen LogP contribution in [0.1, 0.15) is 6.92 Å². The van der Waals surface area contributed by atoms with Gasteiger partial charge in [-0.15, -0.1) is 0 Å². The predicted molar refractivity (Wildman–Crippen MR) is 91.6 cm³/mol. The number of benzene rings is 1. The normalized spacial score (nSPS) is 13.2. The molecule has 26 heavy (non-hydrogen) atoms. The number of anilines is 1. The molecule has 0 fully saturated rings. The molecule has 0 saturated carbocycles. The Bertz CT molecular complexity index is 1090. The van der Waals surface area contributed by atoms with E-state index in [4.69, 9.17) is 0 Å². The molecule has 1 atom stereocenters. The van der Waals surface area contributed by atoms with Crippen molar-refractivity contribution in [2.75, 3.05) is 5.32 Å². The molecule has 0 spiro atoms. The van der Waals surface area contributed by atoms with Gasteiger partial charge in [0.25, 0.3) is 0 Å². The van der Waals surface area contributed by atoms with Crippen LogP contribution in [-0.2, 0) is 0 Å². The molecule has 9 heteroatoms. The maximum atomic E-state index is 12.7. The van der Waals surface area contributed by atoms with Crippen LogP contribution in [0.4, 0.5) is 19.1 Å². The van der Waals surface area contributed by atoms with Gasteiger partial charge in [-0.1, -0.05) is 6.07 Å². The Kier molecular flexibility index (Phi) is 3.71. The lowest BCUT2D eigenvalue weighted by molar-refractivity contribution is -0.138. The average Bonchev–Trinajstić information content (AvgIpc) is 3.03. The number of halogens is 3. The molecule has 3 heterocycles. The van der Waals surface area contributed by atoms with E-state index in [1.807, 2.05) is 18.2 Å². The summed E-state index contributed by atoms with van der Waals surface area (Å²) in [6, 6.07) is 3.99. The summed E-state index contributed by atoms with van der Waals surface area (Å²) in [5, 5.41) is 3.86. The van der Waals surface area contributed by atoms with Gasteiger partial charge in [-0.2, -0.15) is 18.2 Å². The summed E-state index contributed by atoms with van der Waals surface area (Å²) in [7, 11) is 0. The van der Waals surface area contributed by atoms with Gasteiger partial charge in [0.15, 0.2) is 0 Å². The van der Waals surface area contributed by atoms with Gasteiger partial charge in [-0.25, -0.2) is 15.0 Å². The predicted octanol–water partition coefficient (Wildman–Crippen LogP) is 3.93. The first-order valence-electron chi connectivity index (χ1n) is 7.79. The number of aromatic nitrogens is 5. The van der Waals surface area contributed by atoms with E-state index in [-0.39, 0.29) is 5.95 Å². The second kappa shape index (κ2) is 5.94. The van der Waals surface area contributed by atoms with E-state index < -0.39 is 12.2 Å². The van der Waals surface area contributed by atoms with Crippen molar-refractivity contribution in [3.63, 3.8) is 0 Å². The molecule has 0 unspecified atom stereocenters. The van der Waals surface area contributed by atoms with Gasteiger partial charge >= 0.3 is 6.18 Å². The lowest BCUT2D eigenvalue weighted by atomic mass is 10.0. The molecular weight excluding hydrogens is 345 g/mol. The fourth-order valence-electron chi connectivity index (χ4n) is 2.64. The highest BCUT2D eigenvalue weighted by Gasteiger charge is 2.36. The lowest BCUT2D eigenvalue weighted by Crippen LogP contribution is -2.33. The van der Waals surface area contributed by atoms with Crippen molar-refractivity contribution >= 4 is 27.9 Å². The lowest BCUT2D eigenvalue weighted by Gasteiger charge is -2.16. The van der Waals surface area contributed by atoms with Crippen molar-refractivity contribution in [1.29, 1.82) is 0 Å². The standard InChI is InChI=1S/C17H13F3N6/c1-9(17(18,19)20)25-16-23-7-13-12(6-22-15(13)26-16)10-2-3-14-11(4-10)5-21-8-24-14/h2-9H,1H3,(H2,22,23,25,26)/t9-/m0/s1. The zero-order valence-electron chi connectivity index (χ0n) is 13.5. The molecule has 4 rings (SSSR count). The molecule has 1 aromatic carbocycles. The van der Waals surface area contributed by atoms with Crippen LogP contribution in [-0.4, -0.2) is 37.1 Å². The van der Waals surface area contributed by atoms with Gasteiger partial charge in [0, 0.05) is 34.9 Å². The van der Waals surface area contributed by atoms with Crippen molar-refractivity contribution in [3.05, 3.63) is 43.1 Å². The highest BCUT2D eigenvalue weighted by molar-refractivity contribution is 5.96. The van der Waals surface area contributed by atoms with Crippen LogP contribution in [0.5, 0.6) is 0 Å². The van der Waals surface area contributed by atoms with Crippen molar-refractivity contribution < 1.29 is 13.2 Å². The highest BCUT2D eigenvalue weighted by Crippen LogP contribution is 2.30. The number of aromatic amines is 1. The molecular formula is C17H13F3N6. The van der Waals surface area contributed by atoms with E-state index in [9.17, 15) is 13.2 Å². The number of nitrogens with zero attached hydrogens (tertiary/aromatic N) is 4. The summed E-state index contributed by atoms with van der Waals surface area (Å²) in [5.41, 5.74) is 3.04. The minimum absolute atomic E-state index is 0.0809. The number of hydrogen-bond donors (Lipinski definition) is 2. The van der Waals surface area contributed by atoms with Gasteiger partial charge in [-0.3, -0.25) is 0 Å². The van der Waals surface area contributed by atoms with E-state index >= 15 is 0 Å². The van der Waals surface area contributed by atoms with Crippen LogP contribution in [0.3, 0.4) is 0 Å².